The number of rotatable bonds is 4. The lowest BCUT2D eigenvalue weighted by Gasteiger charge is -2.27. The van der Waals surface area contributed by atoms with Crippen LogP contribution >= 0.6 is 0 Å². The van der Waals surface area contributed by atoms with Crippen molar-refractivity contribution in [1.29, 1.82) is 0 Å². The van der Waals surface area contributed by atoms with Crippen LogP contribution in [0.3, 0.4) is 0 Å². The highest BCUT2D eigenvalue weighted by atomic mass is 16.5. The number of ether oxygens (including phenoxy) is 1. The standard InChI is InChI=1S/C16H22O2/c1-2-13-8-10-15(11-9-13)18-16(17)12-14-6-4-3-5-7-14/h3-7,13,15H,2,8-12H2,1H3. The molecule has 1 fully saturated rings. The largest absolute Gasteiger partial charge is 0.462 e. The van der Waals surface area contributed by atoms with Crippen molar-refractivity contribution >= 4 is 5.97 Å². The quantitative estimate of drug-likeness (QED) is 0.756. The minimum Gasteiger partial charge on any atom is -0.462 e. The van der Waals surface area contributed by atoms with Crippen LogP contribution in [-0.4, -0.2) is 12.1 Å². The summed E-state index contributed by atoms with van der Waals surface area (Å²) >= 11 is 0. The Labute approximate surface area is 109 Å². The molecule has 0 aliphatic heterocycles. The van der Waals surface area contributed by atoms with E-state index in [0.717, 1.165) is 24.3 Å². The molecule has 1 aromatic carbocycles. The van der Waals surface area contributed by atoms with E-state index in [9.17, 15) is 4.79 Å². The van der Waals surface area contributed by atoms with E-state index in [1.165, 1.54) is 19.3 Å². The zero-order chi connectivity index (χ0) is 12.8. The van der Waals surface area contributed by atoms with Gasteiger partial charge in [-0.05, 0) is 37.2 Å². The van der Waals surface area contributed by atoms with Gasteiger partial charge in [0.15, 0.2) is 0 Å². The van der Waals surface area contributed by atoms with Gasteiger partial charge in [0.25, 0.3) is 0 Å². The Morgan fingerprint density at radius 3 is 2.44 bits per heavy atom. The molecule has 0 saturated heterocycles. The van der Waals surface area contributed by atoms with E-state index in [-0.39, 0.29) is 12.1 Å². The Balaban J connectivity index is 1.75. The van der Waals surface area contributed by atoms with Crippen LogP contribution in [0.4, 0.5) is 0 Å². The average molecular weight is 246 g/mol. The summed E-state index contributed by atoms with van der Waals surface area (Å²) in [5.74, 6) is 0.759. The summed E-state index contributed by atoms with van der Waals surface area (Å²) < 4.78 is 5.55. The fourth-order valence-corrected chi connectivity index (χ4v) is 2.65. The molecule has 0 bridgehead atoms. The van der Waals surface area contributed by atoms with Gasteiger partial charge >= 0.3 is 5.97 Å². The molecular weight excluding hydrogens is 224 g/mol. The first kappa shape index (κ1) is 13.1. The zero-order valence-electron chi connectivity index (χ0n) is 11.1. The second-order valence-corrected chi connectivity index (χ2v) is 5.20. The number of hydrogen-bond donors (Lipinski definition) is 0. The zero-order valence-corrected chi connectivity index (χ0v) is 11.1. The van der Waals surface area contributed by atoms with Gasteiger partial charge in [-0.15, -0.1) is 0 Å². The van der Waals surface area contributed by atoms with Crippen molar-refractivity contribution in [1.82, 2.24) is 0 Å². The Morgan fingerprint density at radius 2 is 1.83 bits per heavy atom. The van der Waals surface area contributed by atoms with Gasteiger partial charge in [0.1, 0.15) is 6.10 Å². The minimum atomic E-state index is -0.0823. The van der Waals surface area contributed by atoms with Gasteiger partial charge in [0.2, 0.25) is 0 Å². The first-order valence-corrected chi connectivity index (χ1v) is 7.01. The average Bonchev–Trinajstić information content (AvgIpc) is 2.40. The van der Waals surface area contributed by atoms with Gasteiger partial charge in [0, 0.05) is 0 Å². The predicted molar refractivity (Wildman–Crippen MR) is 72.3 cm³/mol. The lowest BCUT2D eigenvalue weighted by Crippen LogP contribution is -2.25. The van der Waals surface area contributed by atoms with E-state index >= 15 is 0 Å². The minimum absolute atomic E-state index is 0.0823. The number of carbonyl (C=O) groups excluding carboxylic acids is 1. The fraction of sp³-hybridized carbons (Fsp3) is 0.562. The van der Waals surface area contributed by atoms with Crippen molar-refractivity contribution in [3.63, 3.8) is 0 Å². The molecule has 98 valence electrons. The summed E-state index contributed by atoms with van der Waals surface area (Å²) in [6, 6.07) is 9.80. The molecule has 1 aromatic rings. The third kappa shape index (κ3) is 3.86. The molecule has 2 rings (SSSR count). The number of carbonyl (C=O) groups is 1. The normalized spacial score (nSPS) is 23.6. The third-order valence-corrected chi connectivity index (χ3v) is 3.86. The van der Waals surface area contributed by atoms with E-state index in [1.54, 1.807) is 0 Å². The van der Waals surface area contributed by atoms with E-state index in [0.29, 0.717) is 6.42 Å². The number of esters is 1. The summed E-state index contributed by atoms with van der Waals surface area (Å²) in [4.78, 5) is 11.8. The van der Waals surface area contributed by atoms with Crippen LogP contribution in [0.5, 0.6) is 0 Å². The SMILES string of the molecule is CCC1CCC(OC(=O)Cc2ccccc2)CC1. The Bertz CT molecular complexity index is 364. The van der Waals surface area contributed by atoms with Crippen molar-refractivity contribution in [2.24, 2.45) is 5.92 Å². The number of benzene rings is 1. The molecule has 0 amide bonds. The smallest absolute Gasteiger partial charge is 0.310 e. The molecule has 0 spiro atoms. The number of hydrogen-bond acceptors (Lipinski definition) is 2. The summed E-state index contributed by atoms with van der Waals surface area (Å²) in [6.07, 6.45) is 6.31. The van der Waals surface area contributed by atoms with E-state index < -0.39 is 0 Å². The molecule has 1 saturated carbocycles. The van der Waals surface area contributed by atoms with Crippen LogP contribution in [0.25, 0.3) is 0 Å². The Hall–Kier alpha value is -1.31. The van der Waals surface area contributed by atoms with Gasteiger partial charge in [0.05, 0.1) is 6.42 Å². The molecule has 0 heterocycles. The Kier molecular flexibility index (Phi) is 4.80. The maximum Gasteiger partial charge on any atom is 0.310 e. The monoisotopic (exact) mass is 246 g/mol. The lowest BCUT2D eigenvalue weighted by atomic mass is 9.86. The Morgan fingerprint density at radius 1 is 1.17 bits per heavy atom. The van der Waals surface area contributed by atoms with E-state index in [4.69, 9.17) is 4.74 Å². The van der Waals surface area contributed by atoms with Crippen molar-refractivity contribution in [3.8, 4) is 0 Å². The highest BCUT2D eigenvalue weighted by molar-refractivity contribution is 5.72. The second kappa shape index (κ2) is 6.58. The summed E-state index contributed by atoms with van der Waals surface area (Å²) in [6.45, 7) is 2.24. The molecule has 0 N–H and O–H groups in total. The van der Waals surface area contributed by atoms with E-state index in [2.05, 4.69) is 6.92 Å². The maximum atomic E-state index is 11.8. The third-order valence-electron chi connectivity index (χ3n) is 3.86. The van der Waals surface area contributed by atoms with Crippen molar-refractivity contribution in [2.45, 2.75) is 51.6 Å². The molecule has 0 unspecified atom stereocenters. The van der Waals surface area contributed by atoms with Crippen LogP contribution < -0.4 is 0 Å². The van der Waals surface area contributed by atoms with Crippen LogP contribution in [0.15, 0.2) is 30.3 Å². The van der Waals surface area contributed by atoms with Crippen LogP contribution in [0, 0.1) is 5.92 Å². The molecule has 0 aromatic heterocycles. The van der Waals surface area contributed by atoms with Crippen molar-refractivity contribution < 1.29 is 9.53 Å². The van der Waals surface area contributed by atoms with Crippen LogP contribution in [-0.2, 0) is 16.0 Å². The summed E-state index contributed by atoms with van der Waals surface area (Å²) in [5, 5.41) is 0. The summed E-state index contributed by atoms with van der Waals surface area (Å²) in [5.41, 5.74) is 1.03. The maximum absolute atomic E-state index is 11.8. The van der Waals surface area contributed by atoms with Gasteiger partial charge in [-0.1, -0.05) is 43.7 Å². The van der Waals surface area contributed by atoms with Gasteiger partial charge in [-0.2, -0.15) is 0 Å². The highest BCUT2D eigenvalue weighted by Crippen LogP contribution is 2.28. The van der Waals surface area contributed by atoms with Gasteiger partial charge < -0.3 is 4.74 Å². The van der Waals surface area contributed by atoms with Crippen molar-refractivity contribution in [3.05, 3.63) is 35.9 Å². The molecule has 2 heteroatoms. The van der Waals surface area contributed by atoms with Gasteiger partial charge in [-0.25, -0.2) is 0 Å². The molecule has 18 heavy (non-hydrogen) atoms. The molecule has 1 aliphatic rings. The van der Waals surface area contributed by atoms with Crippen molar-refractivity contribution in [2.75, 3.05) is 0 Å². The first-order chi connectivity index (χ1) is 8.78. The molecule has 0 atom stereocenters. The topological polar surface area (TPSA) is 26.3 Å². The van der Waals surface area contributed by atoms with Gasteiger partial charge in [-0.3, -0.25) is 4.79 Å². The van der Waals surface area contributed by atoms with Crippen LogP contribution in [0.2, 0.25) is 0 Å². The predicted octanol–water partition coefficient (Wildman–Crippen LogP) is 3.74. The second-order valence-electron chi connectivity index (χ2n) is 5.20. The lowest BCUT2D eigenvalue weighted by molar-refractivity contribution is -0.150. The first-order valence-electron chi connectivity index (χ1n) is 7.01. The molecule has 1 aliphatic carbocycles. The van der Waals surface area contributed by atoms with Crippen LogP contribution in [0.1, 0.15) is 44.6 Å². The molecule has 2 nitrogen and oxygen atoms in total. The fourth-order valence-electron chi connectivity index (χ4n) is 2.65. The summed E-state index contributed by atoms with van der Waals surface area (Å²) in [7, 11) is 0. The molecular formula is C16H22O2. The van der Waals surface area contributed by atoms with E-state index in [1.807, 2.05) is 30.3 Å². The highest BCUT2D eigenvalue weighted by Gasteiger charge is 2.22. The molecule has 0 radical (unpaired) electrons.